The fourth-order valence-corrected chi connectivity index (χ4v) is 5.15. The van der Waals surface area contributed by atoms with Crippen molar-refractivity contribution < 1.29 is 0 Å². The third-order valence-electron chi connectivity index (χ3n) is 6.65. The van der Waals surface area contributed by atoms with Gasteiger partial charge in [0.2, 0.25) is 0 Å². The maximum Gasteiger partial charge on any atom is 0.145 e. The van der Waals surface area contributed by atoms with Crippen molar-refractivity contribution in [1.82, 2.24) is 9.38 Å². The average molecular weight is 404 g/mol. The minimum Gasteiger partial charge on any atom is -0.292 e. The summed E-state index contributed by atoms with van der Waals surface area (Å²) in [6, 6.07) is 22.0. The Hall–Kier alpha value is -3.46. The summed E-state index contributed by atoms with van der Waals surface area (Å²) in [5.74, 6) is 0. The van der Waals surface area contributed by atoms with Gasteiger partial charge in [-0.15, -0.1) is 0 Å². The molecule has 3 heteroatoms. The van der Waals surface area contributed by atoms with Gasteiger partial charge in [0.25, 0.3) is 0 Å². The zero-order chi connectivity index (χ0) is 20.9. The van der Waals surface area contributed by atoms with Gasteiger partial charge in [0.05, 0.1) is 17.4 Å². The standard InChI is InChI=1S/C28H25N3/c1-18-8-7-9-19(2)27(18)26-17-30-28-22-11-4-3-10-21(22)23-16-20(13-14-25(23)31(26)28)24-12-5-6-15-29-24/h3-4,7-11,13-14,16-17H,5-6,12,15H2,1-2H3. The molecule has 0 amide bonds. The Morgan fingerprint density at radius 1 is 0.806 bits per heavy atom. The Kier molecular flexibility index (Phi) is 4.17. The molecule has 3 heterocycles. The Morgan fingerprint density at radius 2 is 1.61 bits per heavy atom. The van der Waals surface area contributed by atoms with Crippen LogP contribution in [0.25, 0.3) is 38.6 Å². The highest BCUT2D eigenvalue weighted by Crippen LogP contribution is 2.35. The molecule has 152 valence electrons. The van der Waals surface area contributed by atoms with Crippen molar-refractivity contribution in [3.63, 3.8) is 0 Å². The summed E-state index contributed by atoms with van der Waals surface area (Å²) in [6.45, 7) is 5.32. The van der Waals surface area contributed by atoms with E-state index in [1.807, 2.05) is 6.20 Å². The first-order valence-corrected chi connectivity index (χ1v) is 11.1. The highest BCUT2D eigenvalue weighted by Gasteiger charge is 2.17. The van der Waals surface area contributed by atoms with Crippen LogP contribution in [0.1, 0.15) is 36.0 Å². The lowest BCUT2D eigenvalue weighted by Gasteiger charge is -2.16. The van der Waals surface area contributed by atoms with Crippen molar-refractivity contribution in [2.75, 3.05) is 6.54 Å². The van der Waals surface area contributed by atoms with Gasteiger partial charge in [-0.3, -0.25) is 9.39 Å². The molecule has 1 aliphatic rings. The summed E-state index contributed by atoms with van der Waals surface area (Å²) in [7, 11) is 0. The molecule has 0 bridgehead atoms. The molecule has 0 atom stereocenters. The summed E-state index contributed by atoms with van der Waals surface area (Å²) in [5.41, 5.74) is 9.69. The molecule has 1 aliphatic heterocycles. The van der Waals surface area contributed by atoms with Gasteiger partial charge in [-0.2, -0.15) is 0 Å². The van der Waals surface area contributed by atoms with E-state index in [-0.39, 0.29) is 0 Å². The summed E-state index contributed by atoms with van der Waals surface area (Å²) in [6.07, 6.45) is 5.55. The molecule has 0 spiro atoms. The Balaban J connectivity index is 1.74. The molecule has 5 aromatic rings. The minimum absolute atomic E-state index is 0.950. The summed E-state index contributed by atoms with van der Waals surface area (Å²) >= 11 is 0. The van der Waals surface area contributed by atoms with E-state index < -0.39 is 0 Å². The molecular weight excluding hydrogens is 378 g/mol. The highest BCUT2D eigenvalue weighted by atomic mass is 15.0. The first-order chi connectivity index (χ1) is 15.2. The number of imidazole rings is 1. The van der Waals surface area contributed by atoms with Crippen LogP contribution in [0, 0.1) is 13.8 Å². The van der Waals surface area contributed by atoms with Gasteiger partial charge in [-0.1, -0.05) is 48.5 Å². The second kappa shape index (κ2) is 7.05. The predicted molar refractivity (Wildman–Crippen MR) is 130 cm³/mol. The fourth-order valence-electron chi connectivity index (χ4n) is 5.15. The van der Waals surface area contributed by atoms with Crippen molar-refractivity contribution in [1.29, 1.82) is 0 Å². The van der Waals surface area contributed by atoms with E-state index in [1.165, 1.54) is 62.5 Å². The van der Waals surface area contributed by atoms with Gasteiger partial charge >= 0.3 is 0 Å². The van der Waals surface area contributed by atoms with Crippen LogP contribution in [0.5, 0.6) is 0 Å². The van der Waals surface area contributed by atoms with E-state index in [1.54, 1.807) is 0 Å². The number of rotatable bonds is 2. The molecule has 2 aromatic heterocycles. The van der Waals surface area contributed by atoms with Gasteiger partial charge in [0.15, 0.2) is 0 Å². The van der Waals surface area contributed by atoms with Crippen LogP contribution < -0.4 is 0 Å². The van der Waals surface area contributed by atoms with Crippen LogP contribution in [0.3, 0.4) is 0 Å². The van der Waals surface area contributed by atoms with E-state index in [4.69, 9.17) is 9.98 Å². The zero-order valence-corrected chi connectivity index (χ0v) is 18.0. The van der Waals surface area contributed by atoms with Crippen molar-refractivity contribution >= 4 is 33.0 Å². The lowest BCUT2D eigenvalue weighted by atomic mass is 9.97. The van der Waals surface area contributed by atoms with Crippen molar-refractivity contribution in [3.05, 3.63) is 83.6 Å². The topological polar surface area (TPSA) is 29.7 Å². The van der Waals surface area contributed by atoms with E-state index in [9.17, 15) is 0 Å². The second-order valence-electron chi connectivity index (χ2n) is 8.63. The van der Waals surface area contributed by atoms with Crippen molar-refractivity contribution in [2.24, 2.45) is 4.99 Å². The lowest BCUT2D eigenvalue weighted by Crippen LogP contribution is -2.07. The van der Waals surface area contributed by atoms with Crippen LogP contribution >= 0.6 is 0 Å². The Labute approximate surface area is 182 Å². The molecule has 0 radical (unpaired) electrons. The molecule has 3 nitrogen and oxygen atoms in total. The van der Waals surface area contributed by atoms with Gasteiger partial charge in [0, 0.05) is 28.6 Å². The smallest absolute Gasteiger partial charge is 0.145 e. The van der Waals surface area contributed by atoms with Crippen molar-refractivity contribution in [3.8, 4) is 11.3 Å². The molecular formula is C28H25N3. The summed E-state index contributed by atoms with van der Waals surface area (Å²) < 4.78 is 2.35. The van der Waals surface area contributed by atoms with Crippen LogP contribution in [0.2, 0.25) is 0 Å². The number of benzene rings is 3. The van der Waals surface area contributed by atoms with E-state index >= 15 is 0 Å². The first kappa shape index (κ1) is 18.3. The quantitative estimate of drug-likeness (QED) is 0.295. The largest absolute Gasteiger partial charge is 0.292 e. The summed E-state index contributed by atoms with van der Waals surface area (Å²) in [5, 5.41) is 3.71. The van der Waals surface area contributed by atoms with Gasteiger partial charge < -0.3 is 0 Å². The molecule has 6 rings (SSSR count). The molecule has 0 fully saturated rings. The minimum atomic E-state index is 0.950. The lowest BCUT2D eigenvalue weighted by molar-refractivity contribution is 0.739. The highest BCUT2D eigenvalue weighted by molar-refractivity contribution is 6.14. The molecule has 0 N–H and O–H groups in total. The molecule has 3 aromatic carbocycles. The van der Waals surface area contributed by atoms with Gasteiger partial charge in [0.1, 0.15) is 5.65 Å². The van der Waals surface area contributed by atoms with E-state index in [0.29, 0.717) is 0 Å². The van der Waals surface area contributed by atoms with E-state index in [0.717, 1.165) is 24.3 Å². The number of hydrogen-bond acceptors (Lipinski definition) is 2. The van der Waals surface area contributed by atoms with Crippen molar-refractivity contribution in [2.45, 2.75) is 33.1 Å². The number of hydrogen-bond donors (Lipinski definition) is 0. The number of aryl methyl sites for hydroxylation is 2. The Morgan fingerprint density at radius 3 is 2.39 bits per heavy atom. The molecule has 0 aliphatic carbocycles. The molecule has 0 unspecified atom stereocenters. The molecule has 31 heavy (non-hydrogen) atoms. The number of pyridine rings is 1. The third-order valence-corrected chi connectivity index (χ3v) is 6.65. The Bertz CT molecular complexity index is 1480. The molecule has 0 saturated heterocycles. The van der Waals surface area contributed by atoms with Crippen LogP contribution in [-0.4, -0.2) is 21.6 Å². The SMILES string of the molecule is Cc1cccc(C)c1-c1cnc2c3ccccc3c3cc(C4=NCCCC4)ccc3n12. The maximum absolute atomic E-state index is 4.91. The first-order valence-electron chi connectivity index (χ1n) is 11.1. The number of nitrogens with zero attached hydrogens (tertiary/aromatic N) is 3. The molecule has 0 saturated carbocycles. The average Bonchev–Trinajstić information content (AvgIpc) is 3.24. The van der Waals surface area contributed by atoms with Gasteiger partial charge in [-0.05, 0) is 67.3 Å². The maximum atomic E-state index is 4.91. The van der Waals surface area contributed by atoms with Crippen LogP contribution in [0.4, 0.5) is 0 Å². The van der Waals surface area contributed by atoms with Crippen LogP contribution in [-0.2, 0) is 0 Å². The third kappa shape index (κ3) is 2.80. The number of aliphatic imine (C=N–C) groups is 1. The second-order valence-corrected chi connectivity index (χ2v) is 8.63. The predicted octanol–water partition coefficient (Wildman–Crippen LogP) is 6.90. The normalized spacial score (nSPS) is 14.5. The van der Waals surface area contributed by atoms with Crippen LogP contribution in [0.15, 0.2) is 71.9 Å². The van der Waals surface area contributed by atoms with Gasteiger partial charge in [-0.25, -0.2) is 4.98 Å². The summed E-state index contributed by atoms with van der Waals surface area (Å²) in [4.78, 5) is 9.73. The number of aromatic nitrogens is 2. The van der Waals surface area contributed by atoms with E-state index in [2.05, 4.69) is 78.9 Å². The zero-order valence-electron chi connectivity index (χ0n) is 18.0. The monoisotopic (exact) mass is 403 g/mol. The number of fused-ring (bicyclic) bond motifs is 6. The fraction of sp³-hybridized carbons (Fsp3) is 0.214.